The molecule has 0 radical (unpaired) electrons. The maximum atomic E-state index is 12.2. The van der Waals surface area contributed by atoms with Crippen LogP contribution in [0.25, 0.3) is 0 Å². The van der Waals surface area contributed by atoms with Crippen LogP contribution in [0.15, 0.2) is 54.6 Å². The zero-order chi connectivity index (χ0) is 20.6. The van der Waals surface area contributed by atoms with E-state index in [1.54, 1.807) is 0 Å². The second-order valence-corrected chi connectivity index (χ2v) is 8.13. The molecular weight excluding hydrogens is 352 g/mol. The largest absolute Gasteiger partial charge is 0.444 e. The molecule has 0 saturated heterocycles. The molecule has 0 aliphatic heterocycles. The molecule has 1 amide bonds. The van der Waals surface area contributed by atoms with Crippen LogP contribution in [0, 0.1) is 6.92 Å². The topological polar surface area (TPSA) is 70.6 Å². The minimum Gasteiger partial charge on any atom is -0.444 e. The van der Waals surface area contributed by atoms with Gasteiger partial charge in [0, 0.05) is 13.1 Å². The summed E-state index contributed by atoms with van der Waals surface area (Å²) in [5.74, 6) is 0. The summed E-state index contributed by atoms with van der Waals surface area (Å²) in [5, 5.41) is 16.8. The molecule has 152 valence electrons. The second-order valence-electron chi connectivity index (χ2n) is 8.13. The minimum absolute atomic E-state index is 0.362. The van der Waals surface area contributed by atoms with Crippen LogP contribution in [0.4, 0.5) is 4.79 Å². The van der Waals surface area contributed by atoms with Crippen LogP contribution in [-0.2, 0) is 17.7 Å². The highest BCUT2D eigenvalue weighted by molar-refractivity contribution is 5.68. The molecule has 2 rings (SSSR count). The Balaban J connectivity index is 1.96. The van der Waals surface area contributed by atoms with Gasteiger partial charge in [0.15, 0.2) is 0 Å². The van der Waals surface area contributed by atoms with Gasteiger partial charge in [-0.15, -0.1) is 0 Å². The van der Waals surface area contributed by atoms with Crippen molar-refractivity contribution in [1.29, 1.82) is 0 Å². The molecule has 0 saturated carbocycles. The van der Waals surface area contributed by atoms with Gasteiger partial charge in [-0.2, -0.15) is 0 Å². The van der Waals surface area contributed by atoms with Gasteiger partial charge in [-0.25, -0.2) is 4.79 Å². The summed E-state index contributed by atoms with van der Waals surface area (Å²) in [5.41, 5.74) is 2.82. The van der Waals surface area contributed by atoms with Gasteiger partial charge in [0.2, 0.25) is 0 Å². The van der Waals surface area contributed by atoms with Crippen LogP contribution >= 0.6 is 0 Å². The van der Waals surface area contributed by atoms with E-state index >= 15 is 0 Å². The molecule has 0 spiro atoms. The predicted octanol–water partition coefficient (Wildman–Crippen LogP) is 3.58. The van der Waals surface area contributed by atoms with Gasteiger partial charge in [0.1, 0.15) is 5.60 Å². The van der Waals surface area contributed by atoms with E-state index < -0.39 is 23.8 Å². The molecule has 2 atom stereocenters. The first kappa shape index (κ1) is 21.9. The van der Waals surface area contributed by atoms with Crippen LogP contribution < -0.4 is 10.6 Å². The van der Waals surface area contributed by atoms with Crippen molar-refractivity contribution in [3.63, 3.8) is 0 Å². The number of amides is 1. The Hall–Kier alpha value is -2.37. The van der Waals surface area contributed by atoms with Gasteiger partial charge in [-0.1, -0.05) is 60.2 Å². The Kier molecular flexibility index (Phi) is 8.03. The number of benzene rings is 2. The Morgan fingerprint density at radius 3 is 2.39 bits per heavy atom. The van der Waals surface area contributed by atoms with Crippen molar-refractivity contribution >= 4 is 6.09 Å². The average Bonchev–Trinajstić information content (AvgIpc) is 2.60. The molecule has 0 heterocycles. The molecule has 5 heteroatoms. The number of hydrogen-bond donors (Lipinski definition) is 3. The maximum Gasteiger partial charge on any atom is 0.407 e. The van der Waals surface area contributed by atoms with Crippen LogP contribution in [0.2, 0.25) is 0 Å². The lowest BCUT2D eigenvalue weighted by Crippen LogP contribution is -2.49. The Morgan fingerprint density at radius 1 is 1.07 bits per heavy atom. The maximum absolute atomic E-state index is 12.2. The average molecular weight is 385 g/mol. The van der Waals surface area contributed by atoms with Gasteiger partial charge in [0.25, 0.3) is 0 Å². The first-order valence-corrected chi connectivity index (χ1v) is 9.71. The Labute approximate surface area is 168 Å². The predicted molar refractivity (Wildman–Crippen MR) is 112 cm³/mol. The summed E-state index contributed by atoms with van der Waals surface area (Å²) in [6.45, 7) is 8.53. The molecule has 3 N–H and O–H groups in total. The van der Waals surface area contributed by atoms with E-state index in [0.29, 0.717) is 19.5 Å². The summed E-state index contributed by atoms with van der Waals surface area (Å²) in [6.07, 6.45) is -0.753. The smallest absolute Gasteiger partial charge is 0.407 e. The van der Waals surface area contributed by atoms with Gasteiger partial charge in [0.05, 0.1) is 12.1 Å². The van der Waals surface area contributed by atoms with Crippen molar-refractivity contribution in [3.05, 3.63) is 71.3 Å². The number of aliphatic hydroxyl groups is 1. The molecule has 0 bridgehead atoms. The monoisotopic (exact) mass is 384 g/mol. The number of hydrogen-bond acceptors (Lipinski definition) is 4. The molecule has 28 heavy (non-hydrogen) atoms. The summed E-state index contributed by atoms with van der Waals surface area (Å²) < 4.78 is 5.36. The first-order valence-electron chi connectivity index (χ1n) is 9.71. The number of rotatable bonds is 8. The third kappa shape index (κ3) is 8.11. The fourth-order valence-corrected chi connectivity index (χ4v) is 2.94. The van der Waals surface area contributed by atoms with E-state index in [2.05, 4.69) is 29.7 Å². The number of carbonyl (C=O) groups is 1. The summed E-state index contributed by atoms with van der Waals surface area (Å²) in [7, 11) is 0. The zero-order valence-corrected chi connectivity index (χ0v) is 17.2. The van der Waals surface area contributed by atoms with Crippen molar-refractivity contribution in [1.82, 2.24) is 10.6 Å². The van der Waals surface area contributed by atoms with Crippen molar-refractivity contribution < 1.29 is 14.6 Å². The highest BCUT2D eigenvalue weighted by atomic mass is 16.6. The number of alkyl carbamates (subject to hydrolysis) is 1. The third-order valence-electron chi connectivity index (χ3n) is 4.23. The summed E-state index contributed by atoms with van der Waals surface area (Å²) >= 11 is 0. The van der Waals surface area contributed by atoms with Gasteiger partial charge in [-0.3, -0.25) is 0 Å². The SMILES string of the molecule is Cc1cccc(CNC[C@H](O)[C@H](Cc2ccccc2)NC(=O)OC(C)(C)C)c1. The summed E-state index contributed by atoms with van der Waals surface area (Å²) in [4.78, 5) is 12.2. The Bertz CT molecular complexity index is 741. The fraction of sp³-hybridized carbons (Fsp3) is 0.435. The first-order chi connectivity index (χ1) is 13.2. The van der Waals surface area contributed by atoms with Crippen molar-refractivity contribution in [3.8, 4) is 0 Å². The third-order valence-corrected chi connectivity index (χ3v) is 4.23. The van der Waals surface area contributed by atoms with Crippen LogP contribution in [0.1, 0.15) is 37.5 Å². The molecule has 0 unspecified atom stereocenters. The van der Waals surface area contributed by atoms with Crippen LogP contribution in [-0.4, -0.2) is 35.5 Å². The quantitative estimate of drug-likeness (QED) is 0.651. The van der Waals surface area contributed by atoms with E-state index in [0.717, 1.165) is 11.1 Å². The zero-order valence-electron chi connectivity index (χ0n) is 17.2. The van der Waals surface area contributed by atoms with E-state index in [1.807, 2.05) is 63.2 Å². The number of aliphatic hydroxyl groups excluding tert-OH is 1. The molecule has 0 fully saturated rings. The standard InChI is InChI=1S/C23H32N2O3/c1-17-9-8-12-19(13-17)15-24-16-21(26)20(14-18-10-6-5-7-11-18)25-22(27)28-23(2,3)4/h5-13,20-21,24,26H,14-16H2,1-4H3,(H,25,27)/t20-,21-/m0/s1. The number of ether oxygens (including phenoxy) is 1. The van der Waals surface area contributed by atoms with Crippen LogP contribution in [0.5, 0.6) is 0 Å². The highest BCUT2D eigenvalue weighted by Gasteiger charge is 2.24. The van der Waals surface area contributed by atoms with E-state index in [9.17, 15) is 9.90 Å². The van der Waals surface area contributed by atoms with Gasteiger partial charge >= 0.3 is 6.09 Å². The van der Waals surface area contributed by atoms with E-state index in [-0.39, 0.29) is 0 Å². The molecular formula is C23H32N2O3. The molecule has 0 aliphatic rings. The molecule has 0 aromatic heterocycles. The van der Waals surface area contributed by atoms with Crippen LogP contribution in [0.3, 0.4) is 0 Å². The molecule has 2 aromatic carbocycles. The lowest BCUT2D eigenvalue weighted by molar-refractivity contribution is 0.0422. The lowest BCUT2D eigenvalue weighted by Gasteiger charge is -2.27. The van der Waals surface area contributed by atoms with E-state index in [1.165, 1.54) is 5.56 Å². The van der Waals surface area contributed by atoms with Gasteiger partial charge in [-0.05, 0) is 45.2 Å². The summed E-state index contributed by atoms with van der Waals surface area (Å²) in [6, 6.07) is 17.6. The number of carbonyl (C=O) groups excluding carboxylic acids is 1. The fourth-order valence-electron chi connectivity index (χ4n) is 2.94. The highest BCUT2D eigenvalue weighted by Crippen LogP contribution is 2.10. The normalized spacial score (nSPS) is 13.6. The van der Waals surface area contributed by atoms with E-state index in [4.69, 9.17) is 4.74 Å². The molecule has 0 aliphatic carbocycles. The van der Waals surface area contributed by atoms with Crippen molar-refractivity contribution in [2.24, 2.45) is 0 Å². The second kappa shape index (κ2) is 10.2. The Morgan fingerprint density at radius 2 is 1.75 bits per heavy atom. The lowest BCUT2D eigenvalue weighted by atomic mass is 10.0. The van der Waals surface area contributed by atoms with Gasteiger partial charge < -0.3 is 20.5 Å². The van der Waals surface area contributed by atoms with Crippen molar-refractivity contribution in [2.45, 2.75) is 58.4 Å². The molecule has 5 nitrogen and oxygen atoms in total. The van der Waals surface area contributed by atoms with Crippen molar-refractivity contribution in [2.75, 3.05) is 6.54 Å². The number of nitrogens with one attached hydrogen (secondary N) is 2. The molecule has 2 aromatic rings. The minimum atomic E-state index is -0.752. The number of aryl methyl sites for hydroxylation is 1.